The molecule has 0 aliphatic heterocycles. The van der Waals surface area contributed by atoms with Crippen LogP contribution in [0.25, 0.3) is 0 Å². The summed E-state index contributed by atoms with van der Waals surface area (Å²) in [4.78, 5) is 11.3. The Morgan fingerprint density at radius 3 is 2.94 bits per heavy atom. The monoisotopic (exact) mass is 236 g/mol. The molecule has 17 heavy (non-hydrogen) atoms. The molecule has 1 rings (SSSR count). The average Bonchev–Trinajstić information content (AvgIpc) is 2.33. The van der Waals surface area contributed by atoms with Gasteiger partial charge in [0.2, 0.25) is 5.91 Å². The summed E-state index contributed by atoms with van der Waals surface area (Å²) in [5.74, 6) is 0.694. The molecule has 4 nitrogen and oxygen atoms in total. The third-order valence-electron chi connectivity index (χ3n) is 2.44. The fourth-order valence-corrected chi connectivity index (χ4v) is 1.36. The second kappa shape index (κ2) is 6.91. The van der Waals surface area contributed by atoms with Crippen molar-refractivity contribution in [3.05, 3.63) is 29.8 Å². The molecule has 1 aromatic carbocycles. The van der Waals surface area contributed by atoms with Crippen molar-refractivity contribution >= 4 is 5.91 Å². The number of carbonyl (C=O) groups excluding carboxylic acids is 1. The molecule has 0 radical (unpaired) electrons. The van der Waals surface area contributed by atoms with Crippen molar-refractivity contribution in [2.45, 2.75) is 26.3 Å². The molecule has 0 saturated heterocycles. The largest absolute Gasteiger partial charge is 0.492 e. The van der Waals surface area contributed by atoms with Crippen LogP contribution in [-0.2, 0) is 4.79 Å². The number of hydrogen-bond donors (Lipinski definition) is 2. The summed E-state index contributed by atoms with van der Waals surface area (Å²) in [5.41, 5.74) is 6.73. The molecule has 1 amide bonds. The van der Waals surface area contributed by atoms with Gasteiger partial charge in [0.25, 0.3) is 0 Å². The molecule has 1 atom stereocenters. The van der Waals surface area contributed by atoms with E-state index < -0.39 is 6.04 Å². The minimum Gasteiger partial charge on any atom is -0.492 e. The number of nitrogens with one attached hydrogen (secondary N) is 1. The minimum absolute atomic E-state index is 0.125. The van der Waals surface area contributed by atoms with Gasteiger partial charge in [-0.05, 0) is 31.0 Å². The Kier molecular flexibility index (Phi) is 5.49. The molecule has 94 valence electrons. The lowest BCUT2D eigenvalue weighted by Gasteiger charge is -2.11. The van der Waals surface area contributed by atoms with Gasteiger partial charge in [-0.3, -0.25) is 4.79 Å². The molecular formula is C13H20N2O2. The van der Waals surface area contributed by atoms with Gasteiger partial charge in [0.15, 0.2) is 0 Å². The molecule has 4 heteroatoms. The van der Waals surface area contributed by atoms with Crippen molar-refractivity contribution in [2.24, 2.45) is 5.73 Å². The van der Waals surface area contributed by atoms with Crippen molar-refractivity contribution < 1.29 is 9.53 Å². The van der Waals surface area contributed by atoms with Crippen LogP contribution in [0.5, 0.6) is 5.75 Å². The van der Waals surface area contributed by atoms with Crippen LogP contribution in [0.2, 0.25) is 0 Å². The van der Waals surface area contributed by atoms with Crippen molar-refractivity contribution in [3.8, 4) is 5.75 Å². The second-order valence-corrected chi connectivity index (χ2v) is 3.97. The van der Waals surface area contributed by atoms with E-state index in [1.54, 1.807) is 0 Å². The Morgan fingerprint density at radius 1 is 1.53 bits per heavy atom. The van der Waals surface area contributed by atoms with Crippen LogP contribution in [0.15, 0.2) is 24.3 Å². The fraction of sp³-hybridized carbons (Fsp3) is 0.462. The van der Waals surface area contributed by atoms with Gasteiger partial charge in [-0.1, -0.05) is 19.1 Å². The quantitative estimate of drug-likeness (QED) is 0.730. The summed E-state index contributed by atoms with van der Waals surface area (Å²) in [6.07, 6.45) is 0.643. The fourth-order valence-electron chi connectivity index (χ4n) is 1.36. The Morgan fingerprint density at radius 2 is 2.29 bits per heavy atom. The molecule has 0 bridgehead atoms. The Labute approximate surface area is 102 Å². The molecule has 0 saturated carbocycles. The second-order valence-electron chi connectivity index (χ2n) is 3.97. The van der Waals surface area contributed by atoms with Crippen LogP contribution >= 0.6 is 0 Å². The maximum atomic E-state index is 11.3. The number of carbonyl (C=O) groups is 1. The molecule has 1 aromatic rings. The zero-order valence-electron chi connectivity index (χ0n) is 10.4. The molecule has 1 unspecified atom stereocenters. The van der Waals surface area contributed by atoms with E-state index in [1.165, 1.54) is 0 Å². The number of amides is 1. The molecule has 0 aliphatic rings. The van der Waals surface area contributed by atoms with Gasteiger partial charge < -0.3 is 15.8 Å². The van der Waals surface area contributed by atoms with E-state index in [4.69, 9.17) is 10.5 Å². The highest BCUT2D eigenvalue weighted by atomic mass is 16.5. The van der Waals surface area contributed by atoms with Gasteiger partial charge in [0.05, 0.1) is 12.6 Å². The Hall–Kier alpha value is -1.55. The van der Waals surface area contributed by atoms with Crippen molar-refractivity contribution in [1.29, 1.82) is 0 Å². The van der Waals surface area contributed by atoms with Crippen LogP contribution in [0.1, 0.15) is 18.9 Å². The normalized spacial score (nSPS) is 11.9. The van der Waals surface area contributed by atoms with Crippen LogP contribution < -0.4 is 15.8 Å². The Balaban J connectivity index is 2.22. The summed E-state index contributed by atoms with van der Waals surface area (Å²) in [6, 6.07) is 7.38. The smallest absolute Gasteiger partial charge is 0.237 e. The molecule has 0 spiro atoms. The standard InChI is InChI=1S/C13H20N2O2/c1-3-12(14)13(16)15-7-8-17-11-6-4-5-10(2)9-11/h4-6,9,12H,3,7-8,14H2,1-2H3,(H,15,16). The number of aryl methyl sites for hydroxylation is 1. The maximum absolute atomic E-state index is 11.3. The highest BCUT2D eigenvalue weighted by Crippen LogP contribution is 2.11. The first-order valence-corrected chi connectivity index (χ1v) is 5.86. The van der Waals surface area contributed by atoms with Crippen LogP contribution in [-0.4, -0.2) is 25.1 Å². The van der Waals surface area contributed by atoms with Gasteiger partial charge in [-0.15, -0.1) is 0 Å². The molecule has 0 heterocycles. The van der Waals surface area contributed by atoms with Crippen molar-refractivity contribution in [3.63, 3.8) is 0 Å². The van der Waals surface area contributed by atoms with E-state index in [2.05, 4.69) is 5.32 Å². The van der Waals surface area contributed by atoms with Crippen LogP contribution in [0.4, 0.5) is 0 Å². The Bertz CT molecular complexity index is 366. The first-order chi connectivity index (χ1) is 8.13. The summed E-state index contributed by atoms with van der Waals surface area (Å²) in [6.45, 7) is 4.81. The lowest BCUT2D eigenvalue weighted by Crippen LogP contribution is -2.41. The van der Waals surface area contributed by atoms with Gasteiger partial charge >= 0.3 is 0 Å². The summed E-state index contributed by atoms with van der Waals surface area (Å²) < 4.78 is 5.50. The van der Waals surface area contributed by atoms with Crippen LogP contribution in [0, 0.1) is 6.92 Å². The van der Waals surface area contributed by atoms with Crippen molar-refractivity contribution in [2.75, 3.05) is 13.2 Å². The average molecular weight is 236 g/mol. The van der Waals surface area contributed by atoms with Gasteiger partial charge in [0, 0.05) is 0 Å². The third-order valence-corrected chi connectivity index (χ3v) is 2.44. The topological polar surface area (TPSA) is 64.4 Å². The number of hydrogen-bond acceptors (Lipinski definition) is 3. The SMILES string of the molecule is CCC(N)C(=O)NCCOc1cccc(C)c1. The predicted octanol–water partition coefficient (Wildman–Crippen LogP) is 1.23. The number of ether oxygens (including phenoxy) is 1. The molecule has 3 N–H and O–H groups in total. The maximum Gasteiger partial charge on any atom is 0.237 e. The number of rotatable bonds is 6. The highest BCUT2D eigenvalue weighted by Gasteiger charge is 2.09. The number of benzene rings is 1. The zero-order chi connectivity index (χ0) is 12.7. The van der Waals surface area contributed by atoms with E-state index >= 15 is 0 Å². The lowest BCUT2D eigenvalue weighted by atomic mass is 10.2. The zero-order valence-corrected chi connectivity index (χ0v) is 10.4. The summed E-state index contributed by atoms with van der Waals surface area (Å²) >= 11 is 0. The highest BCUT2D eigenvalue weighted by molar-refractivity contribution is 5.81. The summed E-state index contributed by atoms with van der Waals surface area (Å²) in [5, 5.41) is 2.73. The lowest BCUT2D eigenvalue weighted by molar-refractivity contribution is -0.122. The van der Waals surface area contributed by atoms with E-state index in [9.17, 15) is 4.79 Å². The van der Waals surface area contributed by atoms with Crippen LogP contribution in [0.3, 0.4) is 0 Å². The molecule has 0 fully saturated rings. The molecular weight excluding hydrogens is 216 g/mol. The van der Waals surface area contributed by atoms with E-state index in [-0.39, 0.29) is 5.91 Å². The van der Waals surface area contributed by atoms with Gasteiger partial charge in [-0.25, -0.2) is 0 Å². The van der Waals surface area contributed by atoms with Gasteiger partial charge in [-0.2, -0.15) is 0 Å². The van der Waals surface area contributed by atoms with E-state index in [0.29, 0.717) is 19.6 Å². The van der Waals surface area contributed by atoms with E-state index in [0.717, 1.165) is 11.3 Å². The predicted molar refractivity (Wildman–Crippen MR) is 68.0 cm³/mol. The first kappa shape index (κ1) is 13.5. The number of nitrogens with two attached hydrogens (primary N) is 1. The summed E-state index contributed by atoms with van der Waals surface area (Å²) in [7, 11) is 0. The van der Waals surface area contributed by atoms with Gasteiger partial charge in [0.1, 0.15) is 12.4 Å². The van der Waals surface area contributed by atoms with Crippen molar-refractivity contribution in [1.82, 2.24) is 5.32 Å². The first-order valence-electron chi connectivity index (χ1n) is 5.86. The minimum atomic E-state index is -0.422. The van der Waals surface area contributed by atoms with E-state index in [1.807, 2.05) is 38.1 Å². The molecule has 0 aromatic heterocycles. The molecule has 0 aliphatic carbocycles. The third kappa shape index (κ3) is 4.87.